The third kappa shape index (κ3) is 5.79. The number of morpholine rings is 1. The molecule has 29 heavy (non-hydrogen) atoms. The van der Waals surface area contributed by atoms with Crippen LogP contribution >= 0.6 is 0 Å². The third-order valence-electron chi connectivity index (χ3n) is 5.01. The second-order valence-corrected chi connectivity index (χ2v) is 7.05. The van der Waals surface area contributed by atoms with E-state index in [9.17, 15) is 9.59 Å². The van der Waals surface area contributed by atoms with Gasteiger partial charge < -0.3 is 25.0 Å². The second kappa shape index (κ2) is 10.0. The van der Waals surface area contributed by atoms with Gasteiger partial charge in [0.05, 0.1) is 25.9 Å². The Labute approximate surface area is 171 Å². The molecular weight excluding hydrogens is 370 g/mol. The van der Waals surface area contributed by atoms with Gasteiger partial charge in [0.15, 0.2) is 6.04 Å². The molecule has 3 rings (SSSR count). The van der Waals surface area contributed by atoms with Crippen molar-refractivity contribution in [2.75, 3.05) is 43.6 Å². The zero-order chi connectivity index (χ0) is 20.6. The first-order chi connectivity index (χ1) is 14.1. The van der Waals surface area contributed by atoms with Gasteiger partial charge in [-0.1, -0.05) is 12.1 Å². The number of hydrogen-bond acceptors (Lipinski definition) is 5. The van der Waals surface area contributed by atoms with E-state index in [2.05, 4.69) is 10.2 Å². The molecule has 0 bridgehead atoms. The second-order valence-electron chi connectivity index (χ2n) is 7.05. The summed E-state index contributed by atoms with van der Waals surface area (Å²) in [6.07, 6.45) is 0. The molecule has 2 aromatic carbocycles. The van der Waals surface area contributed by atoms with Crippen molar-refractivity contribution in [3.05, 3.63) is 59.7 Å². The van der Waals surface area contributed by atoms with E-state index in [1.807, 2.05) is 48.6 Å². The first kappa shape index (κ1) is 20.8. The number of methoxy groups -OCH3 is 1. The summed E-state index contributed by atoms with van der Waals surface area (Å²) < 4.78 is 10.1. The van der Waals surface area contributed by atoms with Crippen LogP contribution in [0.5, 0.6) is 0 Å². The van der Waals surface area contributed by atoms with Crippen LogP contribution in [0.1, 0.15) is 22.8 Å². The molecule has 0 aliphatic carbocycles. The Morgan fingerprint density at radius 2 is 1.76 bits per heavy atom. The highest BCUT2D eigenvalue weighted by molar-refractivity contribution is 5.93. The molecule has 1 saturated heterocycles. The molecule has 3 N–H and O–H groups in total. The largest absolute Gasteiger partial charge is 0.465 e. The van der Waals surface area contributed by atoms with E-state index in [4.69, 9.17) is 9.47 Å². The molecule has 1 aliphatic heterocycles. The van der Waals surface area contributed by atoms with Crippen molar-refractivity contribution >= 4 is 23.3 Å². The highest BCUT2D eigenvalue weighted by atomic mass is 16.5. The summed E-state index contributed by atoms with van der Waals surface area (Å²) in [7, 11) is 1.36. The molecule has 0 unspecified atom stereocenters. The SMILES string of the molecule is COC(=O)c1ccc(C[NH2+][C@@H](C)C(=O)Nc2ccc(N3CCOCC3)cc2)cc1. The van der Waals surface area contributed by atoms with E-state index in [-0.39, 0.29) is 17.9 Å². The number of nitrogens with two attached hydrogens (primary N) is 1. The van der Waals surface area contributed by atoms with Gasteiger partial charge in [0.2, 0.25) is 0 Å². The van der Waals surface area contributed by atoms with Crippen LogP contribution in [0.4, 0.5) is 11.4 Å². The van der Waals surface area contributed by atoms with Crippen molar-refractivity contribution in [3.8, 4) is 0 Å². The lowest BCUT2D eigenvalue weighted by Gasteiger charge is -2.28. The average Bonchev–Trinajstić information content (AvgIpc) is 2.78. The maximum atomic E-state index is 12.5. The van der Waals surface area contributed by atoms with Crippen molar-refractivity contribution in [1.82, 2.24) is 0 Å². The van der Waals surface area contributed by atoms with Crippen LogP contribution in [-0.4, -0.2) is 51.3 Å². The van der Waals surface area contributed by atoms with E-state index in [1.165, 1.54) is 7.11 Å². The lowest BCUT2D eigenvalue weighted by Crippen LogP contribution is -2.90. The molecule has 7 heteroatoms. The normalized spacial score (nSPS) is 14.9. The Kier molecular flexibility index (Phi) is 7.21. The summed E-state index contributed by atoms with van der Waals surface area (Å²) in [5.74, 6) is -0.400. The van der Waals surface area contributed by atoms with Gasteiger partial charge in [-0.15, -0.1) is 0 Å². The number of hydrogen-bond donors (Lipinski definition) is 2. The number of amides is 1. The van der Waals surface area contributed by atoms with E-state index in [0.717, 1.165) is 43.2 Å². The van der Waals surface area contributed by atoms with Gasteiger partial charge in [-0.3, -0.25) is 4.79 Å². The monoisotopic (exact) mass is 398 g/mol. The quantitative estimate of drug-likeness (QED) is 0.689. The van der Waals surface area contributed by atoms with E-state index in [1.54, 1.807) is 12.1 Å². The Morgan fingerprint density at radius 3 is 2.38 bits per heavy atom. The van der Waals surface area contributed by atoms with Crippen molar-refractivity contribution in [3.63, 3.8) is 0 Å². The minimum Gasteiger partial charge on any atom is -0.465 e. The van der Waals surface area contributed by atoms with Gasteiger partial charge >= 0.3 is 5.97 Å². The van der Waals surface area contributed by atoms with Gasteiger partial charge in [0, 0.05) is 30.0 Å². The van der Waals surface area contributed by atoms with Crippen LogP contribution in [0.3, 0.4) is 0 Å². The number of ether oxygens (including phenoxy) is 2. The fourth-order valence-corrected chi connectivity index (χ4v) is 3.15. The smallest absolute Gasteiger partial charge is 0.337 e. The first-order valence-corrected chi connectivity index (χ1v) is 9.81. The van der Waals surface area contributed by atoms with Crippen LogP contribution < -0.4 is 15.5 Å². The van der Waals surface area contributed by atoms with Crippen molar-refractivity contribution < 1.29 is 24.4 Å². The maximum absolute atomic E-state index is 12.5. The zero-order valence-corrected chi connectivity index (χ0v) is 16.9. The number of benzene rings is 2. The summed E-state index contributed by atoms with van der Waals surface area (Å²) in [4.78, 5) is 26.2. The standard InChI is InChI=1S/C22H27N3O4/c1-16(23-15-17-3-5-18(6-4-17)22(27)28-2)21(26)24-19-7-9-20(10-8-19)25-11-13-29-14-12-25/h3-10,16,23H,11-15H2,1-2H3,(H,24,26)/p+1/t16-/m0/s1. The van der Waals surface area contributed by atoms with Crippen molar-refractivity contribution in [2.45, 2.75) is 19.5 Å². The highest BCUT2D eigenvalue weighted by Gasteiger charge is 2.17. The van der Waals surface area contributed by atoms with Crippen molar-refractivity contribution in [1.29, 1.82) is 0 Å². The van der Waals surface area contributed by atoms with E-state index in [0.29, 0.717) is 12.1 Å². The highest BCUT2D eigenvalue weighted by Crippen LogP contribution is 2.19. The third-order valence-corrected chi connectivity index (χ3v) is 5.01. The lowest BCUT2D eigenvalue weighted by atomic mass is 10.1. The fourth-order valence-electron chi connectivity index (χ4n) is 3.15. The average molecular weight is 398 g/mol. The molecule has 1 atom stereocenters. The molecule has 1 aliphatic rings. The number of nitrogens with one attached hydrogen (secondary N) is 1. The van der Waals surface area contributed by atoms with Crippen LogP contribution in [0.15, 0.2) is 48.5 Å². The summed E-state index contributed by atoms with van der Waals surface area (Å²) in [5, 5.41) is 4.93. The lowest BCUT2D eigenvalue weighted by molar-refractivity contribution is -0.688. The molecule has 1 heterocycles. The minimum atomic E-state index is -0.354. The van der Waals surface area contributed by atoms with Crippen LogP contribution in [0.25, 0.3) is 0 Å². The summed E-state index contributed by atoms with van der Waals surface area (Å²) in [5.41, 5.74) is 3.48. The molecular formula is C22H28N3O4+. The van der Waals surface area contributed by atoms with Crippen LogP contribution in [-0.2, 0) is 20.8 Å². The Balaban J connectivity index is 1.48. The number of nitrogens with zero attached hydrogens (tertiary/aromatic N) is 1. The summed E-state index contributed by atoms with van der Waals surface area (Å²) in [6.45, 7) is 5.79. The number of rotatable bonds is 7. The first-order valence-electron chi connectivity index (χ1n) is 9.81. The Bertz CT molecular complexity index is 815. The molecule has 0 saturated carbocycles. The number of anilines is 2. The molecule has 0 aromatic heterocycles. The van der Waals surface area contributed by atoms with E-state index < -0.39 is 0 Å². The number of esters is 1. The van der Waals surface area contributed by atoms with Gasteiger partial charge in [0.1, 0.15) is 6.54 Å². The number of carbonyl (C=O) groups is 2. The fraction of sp³-hybridized carbons (Fsp3) is 0.364. The summed E-state index contributed by atoms with van der Waals surface area (Å²) in [6, 6.07) is 14.9. The van der Waals surface area contributed by atoms with E-state index >= 15 is 0 Å². The minimum absolute atomic E-state index is 0.0460. The topological polar surface area (TPSA) is 84.5 Å². The van der Waals surface area contributed by atoms with Crippen molar-refractivity contribution in [2.24, 2.45) is 0 Å². The molecule has 0 radical (unpaired) electrons. The van der Waals surface area contributed by atoms with Gasteiger partial charge in [-0.25, -0.2) is 4.79 Å². The maximum Gasteiger partial charge on any atom is 0.337 e. The molecule has 1 amide bonds. The Hall–Kier alpha value is -2.90. The molecule has 0 spiro atoms. The van der Waals surface area contributed by atoms with Crippen LogP contribution in [0.2, 0.25) is 0 Å². The van der Waals surface area contributed by atoms with Gasteiger partial charge in [-0.2, -0.15) is 0 Å². The van der Waals surface area contributed by atoms with Gasteiger partial charge in [0.25, 0.3) is 5.91 Å². The van der Waals surface area contributed by atoms with Crippen LogP contribution in [0, 0.1) is 0 Å². The molecule has 2 aromatic rings. The zero-order valence-electron chi connectivity index (χ0n) is 16.9. The Morgan fingerprint density at radius 1 is 1.10 bits per heavy atom. The molecule has 7 nitrogen and oxygen atoms in total. The predicted molar refractivity (Wildman–Crippen MR) is 111 cm³/mol. The molecule has 154 valence electrons. The number of quaternary nitrogens is 1. The predicted octanol–water partition coefficient (Wildman–Crippen LogP) is 1.40. The summed E-state index contributed by atoms with van der Waals surface area (Å²) >= 11 is 0. The number of carbonyl (C=O) groups excluding carboxylic acids is 2. The molecule has 1 fully saturated rings. The van der Waals surface area contributed by atoms with Gasteiger partial charge in [-0.05, 0) is 43.3 Å².